The number of aliphatic hydroxyl groups is 1. The molecule has 0 aliphatic carbocycles. The zero-order valence-corrected chi connectivity index (χ0v) is 12.7. The standard InChI is InChI=1S/C12H16N2O5S2/c13-20(16,17)10-4-8-14-21(18,19)12-7-2-1-5-11(12)6-3-9-15/h1-2,5,7,14-15H,4,8-10H2,(H2,13,16,17). The highest BCUT2D eigenvalue weighted by Gasteiger charge is 2.17. The fourth-order valence-corrected chi connectivity index (χ4v) is 3.28. The fourth-order valence-electron chi connectivity index (χ4n) is 1.50. The highest BCUT2D eigenvalue weighted by Crippen LogP contribution is 2.14. The van der Waals surface area contributed by atoms with Crippen molar-refractivity contribution in [2.45, 2.75) is 11.3 Å². The smallest absolute Gasteiger partial charge is 0.241 e. The summed E-state index contributed by atoms with van der Waals surface area (Å²) in [6.45, 7) is -0.434. The number of benzene rings is 1. The van der Waals surface area contributed by atoms with Crippen molar-refractivity contribution in [1.29, 1.82) is 0 Å². The third-order valence-electron chi connectivity index (χ3n) is 2.38. The molecule has 116 valence electrons. The lowest BCUT2D eigenvalue weighted by Crippen LogP contribution is -2.28. The van der Waals surface area contributed by atoms with Crippen LogP contribution in [0.25, 0.3) is 0 Å². The van der Waals surface area contributed by atoms with Gasteiger partial charge in [0.25, 0.3) is 0 Å². The van der Waals surface area contributed by atoms with Crippen LogP contribution in [-0.2, 0) is 20.0 Å². The fraction of sp³-hybridized carbons (Fsp3) is 0.333. The van der Waals surface area contributed by atoms with E-state index >= 15 is 0 Å². The van der Waals surface area contributed by atoms with Crippen LogP contribution in [0.2, 0.25) is 0 Å². The Morgan fingerprint density at radius 2 is 1.86 bits per heavy atom. The van der Waals surface area contributed by atoms with Crippen molar-refractivity contribution in [2.75, 3.05) is 18.9 Å². The Hall–Kier alpha value is -1.44. The number of rotatable bonds is 6. The molecule has 1 rings (SSSR count). The van der Waals surface area contributed by atoms with E-state index in [9.17, 15) is 16.8 Å². The van der Waals surface area contributed by atoms with Gasteiger partial charge in [-0.3, -0.25) is 0 Å². The lowest BCUT2D eigenvalue weighted by molar-refractivity contribution is 0.350. The first-order valence-electron chi connectivity index (χ1n) is 5.95. The Morgan fingerprint density at radius 3 is 2.48 bits per heavy atom. The zero-order valence-electron chi connectivity index (χ0n) is 11.1. The molecule has 0 aromatic heterocycles. The van der Waals surface area contributed by atoms with E-state index in [0.717, 1.165) is 0 Å². The molecule has 9 heteroatoms. The molecule has 1 aromatic carbocycles. The van der Waals surface area contributed by atoms with Crippen molar-refractivity contribution in [3.05, 3.63) is 29.8 Å². The van der Waals surface area contributed by atoms with E-state index in [0.29, 0.717) is 0 Å². The van der Waals surface area contributed by atoms with Crippen LogP contribution in [0, 0.1) is 11.8 Å². The molecule has 0 heterocycles. The number of hydrogen-bond acceptors (Lipinski definition) is 5. The molecule has 0 atom stereocenters. The summed E-state index contributed by atoms with van der Waals surface area (Å²) in [4.78, 5) is -0.0263. The largest absolute Gasteiger partial charge is 0.384 e. The SMILES string of the molecule is NS(=O)(=O)CCCNS(=O)(=O)c1ccccc1C#CCO. The predicted octanol–water partition coefficient (Wildman–Crippen LogP) is -1.01. The molecule has 0 unspecified atom stereocenters. The van der Waals surface area contributed by atoms with Crippen LogP contribution in [-0.4, -0.2) is 40.8 Å². The Balaban J connectivity index is 2.84. The monoisotopic (exact) mass is 332 g/mol. The Morgan fingerprint density at radius 1 is 1.19 bits per heavy atom. The van der Waals surface area contributed by atoms with Gasteiger partial charge in [-0.2, -0.15) is 0 Å². The van der Waals surface area contributed by atoms with Gasteiger partial charge in [-0.05, 0) is 18.6 Å². The Kier molecular flexibility index (Phi) is 6.32. The minimum Gasteiger partial charge on any atom is -0.384 e. The second kappa shape index (κ2) is 7.53. The predicted molar refractivity (Wildman–Crippen MR) is 78.2 cm³/mol. The molecule has 0 amide bonds. The number of nitrogens with two attached hydrogens (primary N) is 1. The van der Waals surface area contributed by atoms with E-state index in [4.69, 9.17) is 10.2 Å². The molecule has 0 fully saturated rings. The topological polar surface area (TPSA) is 127 Å². The number of hydrogen-bond donors (Lipinski definition) is 3. The summed E-state index contributed by atoms with van der Waals surface area (Å²) in [6.07, 6.45) is 0.0720. The highest BCUT2D eigenvalue weighted by molar-refractivity contribution is 7.89. The van der Waals surface area contributed by atoms with Crippen LogP contribution in [0.1, 0.15) is 12.0 Å². The van der Waals surface area contributed by atoms with Crippen molar-refractivity contribution < 1.29 is 21.9 Å². The molecule has 0 bridgehead atoms. The van der Waals surface area contributed by atoms with Gasteiger partial charge >= 0.3 is 0 Å². The normalized spacial score (nSPS) is 11.7. The molecular weight excluding hydrogens is 316 g/mol. The highest BCUT2D eigenvalue weighted by atomic mass is 32.2. The molecule has 7 nitrogen and oxygen atoms in total. The average Bonchev–Trinajstić information content (AvgIpc) is 2.41. The van der Waals surface area contributed by atoms with E-state index in [1.54, 1.807) is 12.1 Å². The van der Waals surface area contributed by atoms with E-state index in [2.05, 4.69) is 16.6 Å². The third kappa shape index (κ3) is 6.24. The van der Waals surface area contributed by atoms with Gasteiger partial charge in [-0.25, -0.2) is 26.7 Å². The second-order valence-electron chi connectivity index (χ2n) is 4.07. The molecule has 0 radical (unpaired) electrons. The van der Waals surface area contributed by atoms with Crippen molar-refractivity contribution in [1.82, 2.24) is 4.72 Å². The molecule has 0 saturated heterocycles. The van der Waals surface area contributed by atoms with Crippen molar-refractivity contribution in [3.8, 4) is 11.8 Å². The molecule has 0 aliphatic rings. The lowest BCUT2D eigenvalue weighted by Gasteiger charge is -2.08. The summed E-state index contributed by atoms with van der Waals surface area (Å²) in [5.41, 5.74) is 0.255. The molecule has 4 N–H and O–H groups in total. The van der Waals surface area contributed by atoms with Crippen LogP contribution in [0.3, 0.4) is 0 Å². The van der Waals surface area contributed by atoms with Gasteiger partial charge < -0.3 is 5.11 Å². The maximum absolute atomic E-state index is 12.1. The number of nitrogens with one attached hydrogen (secondary N) is 1. The average molecular weight is 332 g/mol. The van der Waals surface area contributed by atoms with E-state index < -0.39 is 20.0 Å². The van der Waals surface area contributed by atoms with E-state index in [1.165, 1.54) is 12.1 Å². The molecule has 1 aromatic rings. The van der Waals surface area contributed by atoms with Gasteiger partial charge in [0.1, 0.15) is 6.61 Å². The van der Waals surface area contributed by atoms with E-state index in [-0.39, 0.29) is 35.8 Å². The number of sulfonamides is 2. The van der Waals surface area contributed by atoms with Crippen LogP contribution in [0.5, 0.6) is 0 Å². The van der Waals surface area contributed by atoms with Gasteiger partial charge in [-0.1, -0.05) is 24.0 Å². The maximum atomic E-state index is 12.1. The van der Waals surface area contributed by atoms with Crippen LogP contribution < -0.4 is 9.86 Å². The van der Waals surface area contributed by atoms with Gasteiger partial charge in [0.05, 0.1) is 10.6 Å². The first kappa shape index (κ1) is 17.6. The summed E-state index contributed by atoms with van der Waals surface area (Å²) < 4.78 is 48.0. The van der Waals surface area contributed by atoms with Gasteiger partial charge in [0.2, 0.25) is 20.0 Å². The number of aliphatic hydroxyl groups excluding tert-OH is 1. The molecule has 0 aliphatic heterocycles. The minimum atomic E-state index is -3.81. The van der Waals surface area contributed by atoms with Gasteiger partial charge in [0, 0.05) is 12.1 Å². The summed E-state index contributed by atoms with van der Waals surface area (Å²) in [5.74, 6) is 4.63. The van der Waals surface area contributed by atoms with Crippen molar-refractivity contribution in [2.24, 2.45) is 5.14 Å². The summed E-state index contributed by atoms with van der Waals surface area (Å²) >= 11 is 0. The molecule has 0 saturated carbocycles. The first-order valence-corrected chi connectivity index (χ1v) is 9.15. The molecular formula is C12H16N2O5S2. The quantitative estimate of drug-likeness (QED) is 0.454. The Labute approximate surface area is 124 Å². The van der Waals surface area contributed by atoms with E-state index in [1.807, 2.05) is 0 Å². The van der Waals surface area contributed by atoms with Crippen molar-refractivity contribution >= 4 is 20.0 Å². The third-order valence-corrected chi connectivity index (χ3v) is 4.75. The molecule has 21 heavy (non-hydrogen) atoms. The molecule has 0 spiro atoms. The second-order valence-corrected chi connectivity index (χ2v) is 7.54. The van der Waals surface area contributed by atoms with Crippen LogP contribution >= 0.6 is 0 Å². The zero-order chi connectivity index (χ0) is 15.9. The number of primary sulfonamides is 1. The summed E-state index contributed by atoms with van der Waals surface area (Å²) in [5, 5.41) is 13.5. The maximum Gasteiger partial charge on any atom is 0.241 e. The summed E-state index contributed by atoms with van der Waals surface area (Å²) in [6, 6.07) is 6.06. The van der Waals surface area contributed by atoms with Crippen LogP contribution in [0.15, 0.2) is 29.2 Å². The minimum absolute atomic E-state index is 0.0263. The van der Waals surface area contributed by atoms with Gasteiger partial charge in [0.15, 0.2) is 0 Å². The van der Waals surface area contributed by atoms with Crippen molar-refractivity contribution in [3.63, 3.8) is 0 Å². The van der Waals surface area contributed by atoms with Gasteiger partial charge in [-0.15, -0.1) is 0 Å². The Bertz CT molecular complexity index is 745. The first-order chi connectivity index (χ1) is 9.76. The van der Waals surface area contributed by atoms with Crippen LogP contribution in [0.4, 0.5) is 0 Å². The lowest BCUT2D eigenvalue weighted by atomic mass is 10.2. The summed E-state index contributed by atoms with van der Waals surface area (Å²) in [7, 11) is -7.42.